The third kappa shape index (κ3) is 2.46. The van der Waals surface area contributed by atoms with Crippen molar-refractivity contribution in [3.8, 4) is 5.75 Å². The molecule has 0 fully saturated rings. The van der Waals surface area contributed by atoms with Crippen molar-refractivity contribution in [1.29, 1.82) is 0 Å². The van der Waals surface area contributed by atoms with Crippen molar-refractivity contribution in [1.82, 2.24) is 4.98 Å². The molecule has 4 nitrogen and oxygen atoms in total. The van der Waals surface area contributed by atoms with Crippen molar-refractivity contribution in [2.75, 3.05) is 0 Å². The second-order valence-electron chi connectivity index (χ2n) is 3.43. The SMILES string of the molecule is O=S(=O)(Oc1ccnc2c(F)cccc12)C(F)(F)F. The molecule has 1 heterocycles. The average Bonchev–Trinajstić information content (AvgIpc) is 2.28. The lowest BCUT2D eigenvalue weighted by molar-refractivity contribution is -0.0499. The highest BCUT2D eigenvalue weighted by Gasteiger charge is 2.48. The minimum Gasteiger partial charge on any atom is -0.375 e. The number of pyridine rings is 1. The quantitative estimate of drug-likeness (QED) is 0.485. The van der Waals surface area contributed by atoms with Crippen molar-refractivity contribution >= 4 is 21.0 Å². The van der Waals surface area contributed by atoms with Gasteiger partial charge < -0.3 is 4.18 Å². The van der Waals surface area contributed by atoms with E-state index in [0.29, 0.717) is 0 Å². The zero-order chi connectivity index (χ0) is 14.3. The summed E-state index contributed by atoms with van der Waals surface area (Å²) < 4.78 is 75.7. The Morgan fingerprint density at radius 2 is 1.84 bits per heavy atom. The van der Waals surface area contributed by atoms with Crippen LogP contribution in [0.25, 0.3) is 10.9 Å². The number of halogens is 4. The van der Waals surface area contributed by atoms with Gasteiger partial charge in [0, 0.05) is 17.6 Å². The molecule has 2 rings (SSSR count). The van der Waals surface area contributed by atoms with Crippen LogP contribution in [-0.4, -0.2) is 18.9 Å². The molecule has 0 unspecified atom stereocenters. The van der Waals surface area contributed by atoms with Gasteiger partial charge in [-0.3, -0.25) is 4.98 Å². The molecule has 0 N–H and O–H groups in total. The van der Waals surface area contributed by atoms with Crippen molar-refractivity contribution in [2.24, 2.45) is 0 Å². The lowest BCUT2D eigenvalue weighted by Crippen LogP contribution is -2.28. The van der Waals surface area contributed by atoms with Crippen LogP contribution in [0.1, 0.15) is 0 Å². The first kappa shape index (κ1) is 13.5. The Labute approximate surface area is 104 Å². The third-order valence-electron chi connectivity index (χ3n) is 2.16. The van der Waals surface area contributed by atoms with E-state index in [1.807, 2.05) is 0 Å². The van der Waals surface area contributed by atoms with E-state index in [2.05, 4.69) is 9.17 Å². The number of rotatable bonds is 2. The summed E-state index contributed by atoms with van der Waals surface area (Å²) in [6.07, 6.45) is 0.951. The summed E-state index contributed by atoms with van der Waals surface area (Å²) in [5.41, 5.74) is -5.84. The molecule has 1 aromatic heterocycles. The lowest BCUT2D eigenvalue weighted by Gasteiger charge is -2.11. The highest BCUT2D eigenvalue weighted by atomic mass is 32.2. The minimum atomic E-state index is -5.81. The monoisotopic (exact) mass is 295 g/mol. The number of hydrogen-bond acceptors (Lipinski definition) is 4. The molecule has 0 aliphatic rings. The highest BCUT2D eigenvalue weighted by Crippen LogP contribution is 2.31. The maximum Gasteiger partial charge on any atom is 0.534 e. The Balaban J connectivity index is 2.57. The van der Waals surface area contributed by atoms with Crippen molar-refractivity contribution < 1.29 is 30.2 Å². The molecule has 0 spiro atoms. The second-order valence-corrected chi connectivity index (χ2v) is 4.97. The zero-order valence-corrected chi connectivity index (χ0v) is 9.80. The number of hydrogen-bond donors (Lipinski definition) is 0. The zero-order valence-electron chi connectivity index (χ0n) is 8.98. The van der Waals surface area contributed by atoms with Gasteiger partial charge in [-0.25, -0.2) is 4.39 Å². The van der Waals surface area contributed by atoms with E-state index in [9.17, 15) is 26.0 Å². The molecule has 19 heavy (non-hydrogen) atoms. The van der Waals surface area contributed by atoms with Crippen LogP contribution in [0.3, 0.4) is 0 Å². The van der Waals surface area contributed by atoms with Crippen molar-refractivity contribution in [3.63, 3.8) is 0 Å². The van der Waals surface area contributed by atoms with Gasteiger partial charge in [0.05, 0.1) is 0 Å². The summed E-state index contributed by atoms with van der Waals surface area (Å²) in [5.74, 6) is -1.44. The molecule has 0 aliphatic carbocycles. The van der Waals surface area contributed by atoms with Crippen LogP contribution in [0.2, 0.25) is 0 Å². The molecule has 0 atom stereocenters. The van der Waals surface area contributed by atoms with Crippen LogP contribution in [0, 0.1) is 5.82 Å². The lowest BCUT2D eigenvalue weighted by atomic mass is 10.2. The van der Waals surface area contributed by atoms with Crippen LogP contribution in [0.5, 0.6) is 5.75 Å². The summed E-state index contributed by atoms with van der Waals surface area (Å²) in [5, 5.41) is -0.171. The Morgan fingerprint density at radius 3 is 2.47 bits per heavy atom. The standard InChI is InChI=1S/C10H5F4NO3S/c11-7-3-1-2-6-8(4-5-15-9(6)7)18-19(16,17)10(12,13)14/h1-5H. The summed E-state index contributed by atoms with van der Waals surface area (Å²) in [7, 11) is -5.81. The normalized spacial score (nSPS) is 12.6. The van der Waals surface area contributed by atoms with Crippen molar-refractivity contribution in [2.45, 2.75) is 5.51 Å². The van der Waals surface area contributed by atoms with E-state index in [1.54, 1.807) is 0 Å². The average molecular weight is 295 g/mol. The van der Waals surface area contributed by atoms with Crippen molar-refractivity contribution in [3.05, 3.63) is 36.3 Å². The van der Waals surface area contributed by atoms with Gasteiger partial charge in [-0.05, 0) is 12.1 Å². The molecule has 2 aromatic rings. The predicted molar refractivity (Wildman–Crippen MR) is 57.3 cm³/mol. The van der Waals surface area contributed by atoms with Gasteiger partial charge in [0.1, 0.15) is 11.3 Å². The van der Waals surface area contributed by atoms with Crippen LogP contribution in [-0.2, 0) is 10.1 Å². The minimum absolute atomic E-state index is 0.171. The van der Waals surface area contributed by atoms with Crippen LogP contribution in [0.15, 0.2) is 30.5 Å². The molecule has 0 aliphatic heterocycles. The molecule has 1 aromatic carbocycles. The fourth-order valence-corrected chi connectivity index (χ4v) is 1.83. The molecule has 0 saturated heterocycles. The third-order valence-corrected chi connectivity index (χ3v) is 3.13. The Hall–Kier alpha value is -1.90. The van der Waals surface area contributed by atoms with Gasteiger partial charge >= 0.3 is 15.6 Å². The topological polar surface area (TPSA) is 56.3 Å². The Kier molecular flexibility index (Phi) is 3.09. The summed E-state index contributed by atoms with van der Waals surface area (Å²) in [6, 6.07) is 4.35. The van der Waals surface area contributed by atoms with Crippen LogP contribution < -0.4 is 4.18 Å². The number of nitrogens with zero attached hydrogens (tertiary/aromatic N) is 1. The molecule has 0 bridgehead atoms. The predicted octanol–water partition coefficient (Wildman–Crippen LogP) is 2.60. The van der Waals surface area contributed by atoms with E-state index in [0.717, 1.165) is 18.3 Å². The first-order valence-corrected chi connectivity index (χ1v) is 6.17. The number of alkyl halides is 3. The van der Waals surface area contributed by atoms with Gasteiger partial charge in [-0.2, -0.15) is 21.6 Å². The molecule has 0 amide bonds. The molecule has 0 saturated carbocycles. The summed E-state index contributed by atoms with van der Waals surface area (Å²) >= 11 is 0. The number of para-hydroxylation sites is 1. The van der Waals surface area contributed by atoms with Crippen LogP contribution in [0.4, 0.5) is 17.6 Å². The Bertz CT molecular complexity index is 727. The first-order valence-electron chi connectivity index (χ1n) is 4.76. The van der Waals surface area contributed by atoms with Gasteiger partial charge in [0.2, 0.25) is 0 Å². The number of aromatic nitrogens is 1. The molecule has 0 radical (unpaired) electrons. The molecule has 102 valence electrons. The second kappa shape index (κ2) is 4.34. The first-order chi connectivity index (χ1) is 8.72. The van der Waals surface area contributed by atoms with E-state index in [-0.39, 0.29) is 10.9 Å². The number of benzene rings is 1. The van der Waals surface area contributed by atoms with Gasteiger partial charge in [0.15, 0.2) is 5.75 Å². The van der Waals surface area contributed by atoms with E-state index in [4.69, 9.17) is 0 Å². The number of fused-ring (bicyclic) bond motifs is 1. The molecule has 9 heteroatoms. The molecular formula is C10H5F4NO3S. The largest absolute Gasteiger partial charge is 0.534 e. The molecular weight excluding hydrogens is 290 g/mol. The fraction of sp³-hybridized carbons (Fsp3) is 0.100. The highest BCUT2D eigenvalue weighted by molar-refractivity contribution is 7.88. The summed E-state index contributed by atoms with van der Waals surface area (Å²) in [6.45, 7) is 0. The van der Waals surface area contributed by atoms with Crippen LogP contribution >= 0.6 is 0 Å². The Morgan fingerprint density at radius 1 is 1.16 bits per heavy atom. The van der Waals surface area contributed by atoms with Gasteiger partial charge in [-0.15, -0.1) is 0 Å². The van der Waals surface area contributed by atoms with E-state index >= 15 is 0 Å². The van der Waals surface area contributed by atoms with E-state index in [1.165, 1.54) is 12.1 Å². The van der Waals surface area contributed by atoms with Gasteiger partial charge in [0.25, 0.3) is 0 Å². The van der Waals surface area contributed by atoms with Gasteiger partial charge in [-0.1, -0.05) is 6.07 Å². The maximum atomic E-state index is 13.3. The smallest absolute Gasteiger partial charge is 0.375 e. The summed E-state index contributed by atoms with van der Waals surface area (Å²) in [4.78, 5) is 3.60. The fourth-order valence-electron chi connectivity index (χ4n) is 1.35. The van der Waals surface area contributed by atoms with E-state index < -0.39 is 27.2 Å². The maximum absolute atomic E-state index is 13.3.